The van der Waals surface area contributed by atoms with Crippen LogP contribution in [0.4, 0.5) is 0 Å². The van der Waals surface area contributed by atoms with Gasteiger partial charge in [-0.3, -0.25) is 14.3 Å². The van der Waals surface area contributed by atoms with Gasteiger partial charge in [-0.15, -0.1) is 0 Å². The molecule has 1 heterocycles. The molecule has 0 saturated heterocycles. The van der Waals surface area contributed by atoms with Crippen LogP contribution in [-0.4, -0.2) is 26.5 Å². The largest absolute Gasteiger partial charge is 0.507 e. The number of nitrogens with zero attached hydrogens (tertiary/aromatic N) is 2. The number of hydrogen-bond acceptors (Lipinski definition) is 4. The number of phenolic OH excluding ortho intramolecular Hbond substituents is 1. The van der Waals surface area contributed by atoms with Crippen LogP contribution in [0.25, 0.3) is 10.9 Å². The number of ketones is 2. The zero-order chi connectivity index (χ0) is 18.1. The van der Waals surface area contributed by atoms with Gasteiger partial charge in [0.1, 0.15) is 11.4 Å². The number of phenols is 1. The molecule has 0 saturated carbocycles. The van der Waals surface area contributed by atoms with Crippen LogP contribution in [0.15, 0.2) is 42.5 Å². The van der Waals surface area contributed by atoms with E-state index in [0.717, 1.165) is 16.5 Å². The Hall–Kier alpha value is -2.95. The molecule has 0 atom stereocenters. The molecule has 3 aromatic rings. The summed E-state index contributed by atoms with van der Waals surface area (Å²) in [4.78, 5) is 25.2. The van der Waals surface area contributed by atoms with Gasteiger partial charge in [0.25, 0.3) is 0 Å². The van der Waals surface area contributed by atoms with Crippen LogP contribution in [0.2, 0.25) is 0 Å². The molecule has 0 bridgehead atoms. The monoisotopic (exact) mass is 336 g/mol. The highest BCUT2D eigenvalue weighted by molar-refractivity contribution is 6.17. The van der Waals surface area contributed by atoms with E-state index in [-0.39, 0.29) is 29.6 Å². The topological polar surface area (TPSA) is 72.2 Å². The average Bonchev–Trinajstić information content (AvgIpc) is 2.97. The van der Waals surface area contributed by atoms with Gasteiger partial charge in [-0.25, -0.2) is 0 Å². The number of carbonyl (C=O) groups excluding carboxylic acids is 2. The number of aryl methyl sites for hydroxylation is 1. The van der Waals surface area contributed by atoms with Gasteiger partial charge < -0.3 is 5.11 Å². The number of para-hydroxylation sites is 1. The van der Waals surface area contributed by atoms with Crippen LogP contribution in [-0.2, 0) is 0 Å². The molecule has 128 valence electrons. The van der Waals surface area contributed by atoms with Crippen LogP contribution in [0.1, 0.15) is 52.7 Å². The van der Waals surface area contributed by atoms with Gasteiger partial charge in [-0.05, 0) is 39.0 Å². The molecular weight excluding hydrogens is 316 g/mol. The summed E-state index contributed by atoms with van der Waals surface area (Å²) in [5, 5.41) is 15.1. The molecule has 0 unspecified atom stereocenters. The Morgan fingerprint density at radius 1 is 1.12 bits per heavy atom. The summed E-state index contributed by atoms with van der Waals surface area (Å²) >= 11 is 0. The van der Waals surface area contributed by atoms with Crippen LogP contribution < -0.4 is 0 Å². The number of aromatic nitrogens is 2. The fraction of sp³-hybridized carbons (Fsp3) is 0.250. The molecule has 0 fully saturated rings. The van der Waals surface area contributed by atoms with Gasteiger partial charge >= 0.3 is 0 Å². The molecule has 25 heavy (non-hydrogen) atoms. The molecule has 0 amide bonds. The van der Waals surface area contributed by atoms with E-state index in [1.807, 2.05) is 45.0 Å². The Kier molecular flexibility index (Phi) is 4.40. The van der Waals surface area contributed by atoms with Gasteiger partial charge in [0.15, 0.2) is 11.6 Å². The van der Waals surface area contributed by atoms with Crippen molar-refractivity contribution < 1.29 is 14.7 Å². The summed E-state index contributed by atoms with van der Waals surface area (Å²) in [6, 6.07) is 12.4. The molecule has 3 rings (SSSR count). The van der Waals surface area contributed by atoms with Crippen molar-refractivity contribution >= 4 is 22.5 Å². The molecule has 0 radical (unpaired) electrons. The molecular formula is C20H20N2O3. The first kappa shape index (κ1) is 16.9. The van der Waals surface area contributed by atoms with E-state index in [1.54, 1.807) is 16.8 Å². The Bertz CT molecular complexity index is 970. The number of hydrogen-bond donors (Lipinski definition) is 1. The zero-order valence-electron chi connectivity index (χ0n) is 14.5. The lowest BCUT2D eigenvalue weighted by molar-refractivity contribution is 0.0890. The van der Waals surface area contributed by atoms with Gasteiger partial charge in [-0.2, -0.15) is 5.10 Å². The first-order valence-corrected chi connectivity index (χ1v) is 8.21. The Morgan fingerprint density at radius 3 is 2.56 bits per heavy atom. The predicted molar refractivity (Wildman–Crippen MR) is 96.2 cm³/mol. The van der Waals surface area contributed by atoms with E-state index in [4.69, 9.17) is 0 Å². The van der Waals surface area contributed by atoms with Crippen molar-refractivity contribution in [1.29, 1.82) is 0 Å². The van der Waals surface area contributed by atoms with Gasteiger partial charge in [0, 0.05) is 11.4 Å². The van der Waals surface area contributed by atoms with E-state index in [0.29, 0.717) is 5.69 Å². The average molecular weight is 336 g/mol. The molecule has 0 aliphatic rings. The highest BCUT2D eigenvalue weighted by Crippen LogP contribution is 2.25. The minimum absolute atomic E-state index is 0.1000. The first-order chi connectivity index (χ1) is 11.9. The van der Waals surface area contributed by atoms with Crippen molar-refractivity contribution in [3.05, 3.63) is 59.3 Å². The number of aromatic hydroxyl groups is 1. The maximum Gasteiger partial charge on any atom is 0.191 e. The lowest BCUT2D eigenvalue weighted by atomic mass is 10.0. The van der Waals surface area contributed by atoms with Crippen LogP contribution in [0.5, 0.6) is 5.75 Å². The van der Waals surface area contributed by atoms with Crippen molar-refractivity contribution in [3.63, 3.8) is 0 Å². The van der Waals surface area contributed by atoms with Crippen molar-refractivity contribution in [2.75, 3.05) is 0 Å². The predicted octanol–water partition coefficient (Wildman–Crippen LogP) is 4.09. The standard InChI is InChI=1S/C20H20N2O3/c1-12(2)22-16-7-5-4-6-14(16)20(21-22)19(25)11-18(24)15-10-13(3)8-9-17(15)23/h4-10,12,23H,11H2,1-3H3. The van der Waals surface area contributed by atoms with E-state index >= 15 is 0 Å². The molecule has 2 aromatic carbocycles. The number of fused-ring (bicyclic) bond motifs is 1. The third-order valence-electron chi connectivity index (χ3n) is 4.14. The highest BCUT2D eigenvalue weighted by Gasteiger charge is 2.22. The minimum Gasteiger partial charge on any atom is -0.507 e. The maximum atomic E-state index is 12.7. The lowest BCUT2D eigenvalue weighted by Gasteiger charge is -2.06. The first-order valence-electron chi connectivity index (χ1n) is 8.21. The fourth-order valence-electron chi connectivity index (χ4n) is 2.89. The number of benzene rings is 2. The van der Waals surface area contributed by atoms with Crippen LogP contribution >= 0.6 is 0 Å². The second-order valence-electron chi connectivity index (χ2n) is 6.45. The van der Waals surface area contributed by atoms with E-state index < -0.39 is 5.78 Å². The Balaban J connectivity index is 1.95. The molecule has 5 nitrogen and oxygen atoms in total. The minimum atomic E-state index is -0.408. The van der Waals surface area contributed by atoms with Crippen molar-refractivity contribution in [2.24, 2.45) is 0 Å². The van der Waals surface area contributed by atoms with Crippen molar-refractivity contribution in [1.82, 2.24) is 9.78 Å². The quantitative estimate of drug-likeness (QED) is 0.563. The van der Waals surface area contributed by atoms with Crippen LogP contribution in [0, 0.1) is 6.92 Å². The summed E-state index contributed by atoms with van der Waals surface area (Å²) in [6.07, 6.45) is -0.323. The summed E-state index contributed by atoms with van der Waals surface area (Å²) < 4.78 is 1.79. The van der Waals surface area contributed by atoms with Crippen LogP contribution in [0.3, 0.4) is 0 Å². The van der Waals surface area contributed by atoms with E-state index in [1.165, 1.54) is 6.07 Å². The molecule has 1 N–H and O–H groups in total. The Morgan fingerprint density at radius 2 is 1.84 bits per heavy atom. The van der Waals surface area contributed by atoms with Gasteiger partial charge in [0.05, 0.1) is 17.5 Å². The van der Waals surface area contributed by atoms with Crippen molar-refractivity contribution in [2.45, 2.75) is 33.2 Å². The third kappa shape index (κ3) is 3.18. The normalized spacial score (nSPS) is 11.2. The number of Topliss-reactive ketones (excluding diaryl/α,β-unsaturated/α-hetero) is 2. The zero-order valence-corrected chi connectivity index (χ0v) is 14.5. The van der Waals surface area contributed by atoms with E-state index in [2.05, 4.69) is 5.10 Å². The molecule has 1 aromatic heterocycles. The SMILES string of the molecule is Cc1ccc(O)c(C(=O)CC(=O)c2nn(C(C)C)c3ccccc23)c1. The van der Waals surface area contributed by atoms with Gasteiger partial charge in [0.2, 0.25) is 0 Å². The smallest absolute Gasteiger partial charge is 0.191 e. The summed E-state index contributed by atoms with van der Waals surface area (Å²) in [5.41, 5.74) is 2.18. The number of rotatable bonds is 5. The van der Waals surface area contributed by atoms with Gasteiger partial charge in [-0.1, -0.05) is 29.8 Å². The maximum absolute atomic E-state index is 12.7. The summed E-state index contributed by atoms with van der Waals surface area (Å²) in [6.45, 7) is 5.81. The number of carbonyl (C=O) groups is 2. The molecule has 0 aliphatic carbocycles. The second kappa shape index (κ2) is 6.51. The third-order valence-corrected chi connectivity index (χ3v) is 4.14. The summed E-state index contributed by atoms with van der Waals surface area (Å²) in [7, 11) is 0. The van der Waals surface area contributed by atoms with E-state index in [9.17, 15) is 14.7 Å². The Labute approximate surface area is 145 Å². The van der Waals surface area contributed by atoms with Crippen molar-refractivity contribution in [3.8, 4) is 5.75 Å². The molecule has 5 heteroatoms. The molecule has 0 spiro atoms. The second-order valence-corrected chi connectivity index (χ2v) is 6.45. The highest BCUT2D eigenvalue weighted by atomic mass is 16.3. The molecule has 0 aliphatic heterocycles. The lowest BCUT2D eigenvalue weighted by Crippen LogP contribution is -2.11. The fourth-order valence-corrected chi connectivity index (χ4v) is 2.89. The summed E-state index contributed by atoms with van der Waals surface area (Å²) in [5.74, 6) is -0.864.